The maximum Gasteiger partial charge on any atom is 0.254 e. The van der Waals surface area contributed by atoms with Gasteiger partial charge in [0.25, 0.3) is 5.91 Å². The van der Waals surface area contributed by atoms with E-state index in [0.29, 0.717) is 6.54 Å². The molecule has 1 amide bonds. The minimum absolute atomic E-state index is 0.0107. The number of rotatable bonds is 5. The van der Waals surface area contributed by atoms with Gasteiger partial charge in [0.15, 0.2) is 0 Å². The first-order valence-corrected chi connectivity index (χ1v) is 5.62. The zero-order valence-electron chi connectivity index (χ0n) is 9.83. The lowest BCUT2D eigenvalue weighted by atomic mass is 10.2. The van der Waals surface area contributed by atoms with E-state index in [4.69, 9.17) is 11.6 Å². The molecule has 0 aliphatic carbocycles. The number of halogens is 2. The van der Waals surface area contributed by atoms with Gasteiger partial charge in [0, 0.05) is 6.54 Å². The molecule has 0 radical (unpaired) electrons. The van der Waals surface area contributed by atoms with Crippen LogP contribution in [0.4, 0.5) is 4.39 Å². The summed E-state index contributed by atoms with van der Waals surface area (Å²) in [5.41, 5.74) is 0.0662. The summed E-state index contributed by atoms with van der Waals surface area (Å²) in [5.74, 6) is -0.978. The zero-order chi connectivity index (χ0) is 12.8. The number of nitrogens with one attached hydrogen (secondary N) is 1. The molecule has 94 valence electrons. The molecule has 1 aromatic heterocycles. The summed E-state index contributed by atoms with van der Waals surface area (Å²) < 4.78 is 12.9. The number of carbonyl (C=O) groups excluding carboxylic acids is 1. The van der Waals surface area contributed by atoms with Gasteiger partial charge < -0.3 is 10.2 Å². The van der Waals surface area contributed by atoms with Gasteiger partial charge in [-0.05, 0) is 33.1 Å². The van der Waals surface area contributed by atoms with Crippen LogP contribution in [-0.2, 0) is 0 Å². The van der Waals surface area contributed by atoms with Crippen molar-refractivity contribution in [3.8, 4) is 0 Å². The van der Waals surface area contributed by atoms with Gasteiger partial charge in [-0.15, -0.1) is 0 Å². The first-order valence-electron chi connectivity index (χ1n) is 5.24. The Morgan fingerprint density at radius 3 is 2.94 bits per heavy atom. The van der Waals surface area contributed by atoms with E-state index in [1.807, 2.05) is 19.0 Å². The molecule has 17 heavy (non-hydrogen) atoms. The van der Waals surface area contributed by atoms with Crippen LogP contribution in [0, 0.1) is 5.82 Å². The first-order chi connectivity index (χ1) is 8.00. The number of pyridine rings is 1. The van der Waals surface area contributed by atoms with Crippen LogP contribution in [-0.4, -0.2) is 43.0 Å². The highest BCUT2D eigenvalue weighted by Crippen LogP contribution is 2.13. The number of carbonyl (C=O) groups is 1. The molecular weight excluding hydrogens is 245 g/mol. The van der Waals surface area contributed by atoms with E-state index in [2.05, 4.69) is 10.3 Å². The van der Waals surface area contributed by atoms with Crippen molar-refractivity contribution in [1.29, 1.82) is 0 Å². The molecule has 1 N–H and O–H groups in total. The molecule has 0 saturated heterocycles. The van der Waals surface area contributed by atoms with Crippen molar-refractivity contribution < 1.29 is 9.18 Å². The molecule has 6 heteroatoms. The van der Waals surface area contributed by atoms with Gasteiger partial charge in [-0.25, -0.2) is 9.37 Å². The Labute approximate surface area is 105 Å². The fourth-order valence-corrected chi connectivity index (χ4v) is 1.46. The molecule has 0 aliphatic rings. The summed E-state index contributed by atoms with van der Waals surface area (Å²) in [5, 5.41) is 2.68. The Bertz CT molecular complexity index is 398. The van der Waals surface area contributed by atoms with Crippen LogP contribution in [0.25, 0.3) is 0 Å². The normalized spacial score (nSPS) is 10.6. The average Bonchev–Trinajstić information content (AvgIpc) is 2.27. The third-order valence-electron chi connectivity index (χ3n) is 2.12. The zero-order valence-corrected chi connectivity index (χ0v) is 10.6. The average molecular weight is 260 g/mol. The number of nitrogens with zero attached hydrogens (tertiary/aromatic N) is 2. The van der Waals surface area contributed by atoms with Crippen molar-refractivity contribution in [2.45, 2.75) is 6.42 Å². The van der Waals surface area contributed by atoms with Crippen LogP contribution in [0.3, 0.4) is 0 Å². The number of hydrogen-bond acceptors (Lipinski definition) is 3. The highest BCUT2D eigenvalue weighted by Gasteiger charge is 2.11. The molecule has 0 saturated carbocycles. The van der Waals surface area contributed by atoms with E-state index in [0.717, 1.165) is 25.2 Å². The standard InChI is InChI=1S/C11H15ClFN3O/c1-16(2)5-3-4-14-11(17)9-6-8(13)7-15-10(9)12/h6-7H,3-5H2,1-2H3,(H,14,17). The molecule has 0 spiro atoms. The molecule has 0 fully saturated rings. The van der Waals surface area contributed by atoms with Crippen LogP contribution >= 0.6 is 11.6 Å². The molecule has 0 aromatic carbocycles. The Morgan fingerprint density at radius 1 is 1.59 bits per heavy atom. The third kappa shape index (κ3) is 4.66. The molecular formula is C11H15ClFN3O. The van der Waals surface area contributed by atoms with Gasteiger partial charge in [0.1, 0.15) is 11.0 Å². The number of hydrogen-bond donors (Lipinski definition) is 1. The van der Waals surface area contributed by atoms with Crippen molar-refractivity contribution >= 4 is 17.5 Å². The van der Waals surface area contributed by atoms with Gasteiger partial charge >= 0.3 is 0 Å². The summed E-state index contributed by atoms with van der Waals surface area (Å²) in [7, 11) is 3.91. The summed E-state index contributed by atoms with van der Waals surface area (Å²) >= 11 is 5.71. The molecule has 1 rings (SSSR count). The third-order valence-corrected chi connectivity index (χ3v) is 2.42. The molecule has 4 nitrogen and oxygen atoms in total. The molecule has 0 unspecified atom stereocenters. The van der Waals surface area contributed by atoms with E-state index in [1.54, 1.807) is 0 Å². The molecule has 1 aromatic rings. The van der Waals surface area contributed by atoms with Crippen LogP contribution in [0.1, 0.15) is 16.8 Å². The fourth-order valence-electron chi connectivity index (χ4n) is 1.27. The minimum atomic E-state index is -0.576. The minimum Gasteiger partial charge on any atom is -0.352 e. The molecule has 0 atom stereocenters. The summed E-state index contributed by atoms with van der Waals surface area (Å²) in [6.07, 6.45) is 1.80. The van der Waals surface area contributed by atoms with Gasteiger partial charge in [-0.1, -0.05) is 11.6 Å². The van der Waals surface area contributed by atoms with Crippen molar-refractivity contribution in [2.24, 2.45) is 0 Å². The predicted octanol–water partition coefficient (Wildman–Crippen LogP) is 1.56. The lowest BCUT2D eigenvalue weighted by Gasteiger charge is -2.10. The van der Waals surface area contributed by atoms with Gasteiger partial charge in [-0.2, -0.15) is 0 Å². The summed E-state index contributed by atoms with van der Waals surface area (Å²) in [6.45, 7) is 1.39. The summed E-state index contributed by atoms with van der Waals surface area (Å²) in [4.78, 5) is 17.2. The van der Waals surface area contributed by atoms with E-state index in [-0.39, 0.29) is 10.7 Å². The number of aromatic nitrogens is 1. The summed E-state index contributed by atoms with van der Waals surface area (Å²) in [6, 6.07) is 1.08. The second-order valence-corrected chi connectivity index (χ2v) is 4.26. The Kier molecular flexibility index (Phi) is 5.31. The second kappa shape index (κ2) is 6.51. The van der Waals surface area contributed by atoms with Crippen LogP contribution < -0.4 is 5.32 Å². The van der Waals surface area contributed by atoms with Gasteiger partial charge in [0.05, 0.1) is 11.8 Å². The highest BCUT2D eigenvalue weighted by atomic mass is 35.5. The smallest absolute Gasteiger partial charge is 0.254 e. The van der Waals surface area contributed by atoms with E-state index < -0.39 is 11.7 Å². The largest absolute Gasteiger partial charge is 0.352 e. The van der Waals surface area contributed by atoms with Crippen LogP contribution in [0.2, 0.25) is 5.15 Å². The lowest BCUT2D eigenvalue weighted by molar-refractivity contribution is 0.0951. The molecule has 1 heterocycles. The first kappa shape index (κ1) is 13.9. The maximum absolute atomic E-state index is 12.9. The lowest BCUT2D eigenvalue weighted by Crippen LogP contribution is -2.27. The van der Waals surface area contributed by atoms with Crippen LogP contribution in [0.5, 0.6) is 0 Å². The molecule has 0 bridgehead atoms. The second-order valence-electron chi connectivity index (χ2n) is 3.90. The van der Waals surface area contributed by atoms with Crippen molar-refractivity contribution in [1.82, 2.24) is 15.2 Å². The van der Waals surface area contributed by atoms with E-state index >= 15 is 0 Å². The van der Waals surface area contributed by atoms with Crippen molar-refractivity contribution in [3.05, 3.63) is 28.8 Å². The topological polar surface area (TPSA) is 45.2 Å². The van der Waals surface area contributed by atoms with Crippen molar-refractivity contribution in [2.75, 3.05) is 27.2 Å². The highest BCUT2D eigenvalue weighted by molar-refractivity contribution is 6.32. The van der Waals surface area contributed by atoms with E-state index in [9.17, 15) is 9.18 Å². The SMILES string of the molecule is CN(C)CCCNC(=O)c1cc(F)cnc1Cl. The quantitative estimate of drug-likeness (QED) is 0.645. The predicted molar refractivity (Wildman–Crippen MR) is 64.7 cm³/mol. The Morgan fingerprint density at radius 2 is 2.29 bits per heavy atom. The van der Waals surface area contributed by atoms with Crippen LogP contribution in [0.15, 0.2) is 12.3 Å². The molecule has 0 aliphatic heterocycles. The Hall–Kier alpha value is -1.20. The maximum atomic E-state index is 12.9. The Balaban J connectivity index is 2.49. The number of amides is 1. The van der Waals surface area contributed by atoms with Crippen molar-refractivity contribution in [3.63, 3.8) is 0 Å². The van der Waals surface area contributed by atoms with E-state index in [1.165, 1.54) is 0 Å². The van der Waals surface area contributed by atoms with Gasteiger partial charge in [-0.3, -0.25) is 4.79 Å². The monoisotopic (exact) mass is 259 g/mol. The fraction of sp³-hybridized carbons (Fsp3) is 0.455. The van der Waals surface area contributed by atoms with Gasteiger partial charge in [0.2, 0.25) is 0 Å².